The molecule has 0 atom stereocenters. The van der Waals surface area contributed by atoms with Crippen molar-refractivity contribution in [2.24, 2.45) is 4.99 Å². The monoisotopic (exact) mass is 300 g/mol. The summed E-state index contributed by atoms with van der Waals surface area (Å²) in [4.78, 5) is 16.7. The maximum atomic E-state index is 11.9. The largest absolute Gasteiger partial charge is 0.508 e. The highest BCUT2D eigenvalue weighted by Gasteiger charge is 2.23. The summed E-state index contributed by atoms with van der Waals surface area (Å²) < 4.78 is 5.18. The van der Waals surface area contributed by atoms with Crippen molar-refractivity contribution in [1.29, 1.82) is 0 Å². The van der Waals surface area contributed by atoms with Crippen LogP contribution in [0.2, 0.25) is 0 Å². The predicted octanol–water partition coefficient (Wildman–Crippen LogP) is 2.75. The van der Waals surface area contributed by atoms with Crippen LogP contribution in [0.5, 0.6) is 5.75 Å². The Labute approximate surface area is 125 Å². The number of nitrogens with zero attached hydrogens (tertiary/aromatic N) is 1. The zero-order valence-electron chi connectivity index (χ0n) is 10.9. The summed E-state index contributed by atoms with van der Waals surface area (Å²) in [5.41, 5.74) is 0.764. The van der Waals surface area contributed by atoms with E-state index in [1.807, 2.05) is 12.1 Å². The van der Waals surface area contributed by atoms with Gasteiger partial charge >= 0.3 is 0 Å². The standard InChI is InChI=1S/C15H12N2O3S/c18-11-4-1-3-10(7-11)8-13-14(19)17-15(21-13)16-9-12-5-2-6-20-12/h1-8,18H,9H2,(H,16,17,19)/b13-8-. The molecule has 2 aromatic rings. The van der Waals surface area contributed by atoms with Gasteiger partial charge in [-0.25, -0.2) is 0 Å². The Balaban J connectivity index is 1.74. The van der Waals surface area contributed by atoms with Crippen LogP contribution in [0.3, 0.4) is 0 Å². The molecule has 5 nitrogen and oxygen atoms in total. The van der Waals surface area contributed by atoms with Crippen molar-refractivity contribution in [2.75, 3.05) is 0 Å². The van der Waals surface area contributed by atoms with E-state index >= 15 is 0 Å². The molecule has 2 heterocycles. The topological polar surface area (TPSA) is 74.8 Å². The van der Waals surface area contributed by atoms with Gasteiger partial charge in [0.1, 0.15) is 11.5 Å². The first-order valence-electron chi connectivity index (χ1n) is 6.27. The number of benzene rings is 1. The minimum atomic E-state index is -0.193. The van der Waals surface area contributed by atoms with Crippen LogP contribution < -0.4 is 5.32 Å². The number of phenolic OH excluding ortho intramolecular Hbond substituents is 1. The summed E-state index contributed by atoms with van der Waals surface area (Å²) in [5, 5.41) is 12.7. The van der Waals surface area contributed by atoms with E-state index in [1.54, 1.807) is 36.6 Å². The van der Waals surface area contributed by atoms with Crippen molar-refractivity contribution in [3.63, 3.8) is 0 Å². The zero-order valence-corrected chi connectivity index (χ0v) is 11.8. The Morgan fingerprint density at radius 2 is 2.24 bits per heavy atom. The first-order chi connectivity index (χ1) is 10.2. The van der Waals surface area contributed by atoms with E-state index in [1.165, 1.54) is 11.8 Å². The summed E-state index contributed by atoms with van der Waals surface area (Å²) in [7, 11) is 0. The van der Waals surface area contributed by atoms with E-state index < -0.39 is 0 Å². The molecular weight excluding hydrogens is 288 g/mol. The molecule has 0 radical (unpaired) electrons. The highest BCUT2D eigenvalue weighted by Crippen LogP contribution is 2.27. The molecule has 1 aliphatic heterocycles. The molecule has 0 saturated carbocycles. The summed E-state index contributed by atoms with van der Waals surface area (Å²) in [5.74, 6) is 0.712. The molecule has 1 aromatic heterocycles. The summed E-state index contributed by atoms with van der Waals surface area (Å²) >= 11 is 1.27. The average Bonchev–Trinajstić information content (AvgIpc) is 3.07. The van der Waals surface area contributed by atoms with E-state index in [0.717, 1.165) is 11.3 Å². The van der Waals surface area contributed by atoms with E-state index in [9.17, 15) is 9.90 Å². The van der Waals surface area contributed by atoms with Crippen LogP contribution in [0.15, 0.2) is 57.0 Å². The van der Waals surface area contributed by atoms with Gasteiger partial charge in [-0.1, -0.05) is 12.1 Å². The third kappa shape index (κ3) is 3.35. The number of aliphatic imine (C=N–C) groups is 1. The quantitative estimate of drug-likeness (QED) is 0.855. The maximum Gasteiger partial charge on any atom is 0.264 e. The molecule has 1 saturated heterocycles. The number of carbonyl (C=O) groups excluding carboxylic acids is 1. The van der Waals surface area contributed by atoms with Crippen LogP contribution in [0.25, 0.3) is 6.08 Å². The number of rotatable bonds is 3. The number of aromatic hydroxyl groups is 1. The van der Waals surface area contributed by atoms with Gasteiger partial charge in [0, 0.05) is 0 Å². The Kier molecular flexibility index (Phi) is 3.79. The first-order valence-corrected chi connectivity index (χ1v) is 7.09. The van der Waals surface area contributed by atoms with Gasteiger partial charge in [0.25, 0.3) is 5.91 Å². The van der Waals surface area contributed by atoms with Gasteiger partial charge in [0.2, 0.25) is 0 Å². The lowest BCUT2D eigenvalue weighted by molar-refractivity contribution is -0.115. The van der Waals surface area contributed by atoms with Crippen molar-refractivity contribution in [3.8, 4) is 5.75 Å². The SMILES string of the molecule is O=C1NC(=NCc2ccco2)S/C1=C\c1cccc(O)c1. The molecule has 6 heteroatoms. The van der Waals surface area contributed by atoms with Gasteiger partial charge in [-0.05, 0) is 47.7 Å². The van der Waals surface area contributed by atoms with Gasteiger partial charge in [-0.3, -0.25) is 9.79 Å². The Morgan fingerprint density at radius 3 is 3.00 bits per heavy atom. The molecule has 0 spiro atoms. The van der Waals surface area contributed by atoms with Gasteiger partial charge in [0.05, 0.1) is 17.7 Å². The fraction of sp³-hybridized carbons (Fsp3) is 0.0667. The average molecular weight is 300 g/mol. The van der Waals surface area contributed by atoms with E-state index in [-0.39, 0.29) is 11.7 Å². The Bertz CT molecular complexity index is 720. The number of hydrogen-bond acceptors (Lipinski definition) is 5. The van der Waals surface area contributed by atoms with Crippen LogP contribution in [0, 0.1) is 0 Å². The van der Waals surface area contributed by atoms with E-state index in [0.29, 0.717) is 16.6 Å². The number of furan rings is 1. The van der Waals surface area contributed by atoms with Crippen LogP contribution in [-0.4, -0.2) is 16.2 Å². The van der Waals surface area contributed by atoms with Crippen molar-refractivity contribution in [3.05, 3.63) is 58.9 Å². The molecule has 2 N–H and O–H groups in total. The summed E-state index contributed by atoms with van der Waals surface area (Å²) in [6, 6.07) is 10.3. The molecular formula is C15H12N2O3S. The molecule has 1 aromatic carbocycles. The van der Waals surface area contributed by atoms with Gasteiger partial charge < -0.3 is 14.8 Å². The second-order valence-electron chi connectivity index (χ2n) is 4.36. The van der Waals surface area contributed by atoms with Crippen LogP contribution >= 0.6 is 11.8 Å². The van der Waals surface area contributed by atoms with Crippen LogP contribution in [0.4, 0.5) is 0 Å². The minimum Gasteiger partial charge on any atom is -0.508 e. The van der Waals surface area contributed by atoms with E-state index in [4.69, 9.17) is 4.42 Å². The Hall–Kier alpha value is -2.47. The number of carbonyl (C=O) groups is 1. The predicted molar refractivity (Wildman–Crippen MR) is 81.7 cm³/mol. The molecule has 1 amide bonds. The van der Waals surface area contributed by atoms with Gasteiger partial charge in [-0.15, -0.1) is 0 Å². The van der Waals surface area contributed by atoms with Crippen molar-refractivity contribution >= 4 is 28.9 Å². The molecule has 106 valence electrons. The molecule has 1 aliphatic rings. The van der Waals surface area contributed by atoms with E-state index in [2.05, 4.69) is 10.3 Å². The molecule has 0 bridgehead atoms. The minimum absolute atomic E-state index is 0.166. The molecule has 21 heavy (non-hydrogen) atoms. The zero-order chi connectivity index (χ0) is 14.7. The first kappa shape index (κ1) is 13.5. The number of amidine groups is 1. The second kappa shape index (κ2) is 5.88. The number of nitrogens with one attached hydrogen (secondary N) is 1. The van der Waals surface area contributed by atoms with Crippen LogP contribution in [-0.2, 0) is 11.3 Å². The molecule has 1 fully saturated rings. The number of phenols is 1. The maximum absolute atomic E-state index is 11.9. The molecule has 0 aliphatic carbocycles. The van der Waals surface area contributed by atoms with Crippen molar-refractivity contribution in [2.45, 2.75) is 6.54 Å². The summed E-state index contributed by atoms with van der Waals surface area (Å²) in [6.07, 6.45) is 3.30. The number of hydrogen-bond donors (Lipinski definition) is 2. The molecule has 0 unspecified atom stereocenters. The lowest BCUT2D eigenvalue weighted by atomic mass is 10.2. The third-order valence-corrected chi connectivity index (χ3v) is 3.73. The van der Waals surface area contributed by atoms with Crippen molar-refractivity contribution < 1.29 is 14.3 Å². The fourth-order valence-electron chi connectivity index (χ4n) is 1.82. The smallest absolute Gasteiger partial charge is 0.264 e. The Morgan fingerprint density at radius 1 is 1.33 bits per heavy atom. The third-order valence-electron chi connectivity index (χ3n) is 2.78. The second-order valence-corrected chi connectivity index (χ2v) is 5.39. The molecule has 3 rings (SSSR count). The van der Waals surface area contributed by atoms with Gasteiger partial charge in [0.15, 0.2) is 5.17 Å². The number of amides is 1. The summed E-state index contributed by atoms with van der Waals surface area (Å²) in [6.45, 7) is 0.384. The highest BCUT2D eigenvalue weighted by molar-refractivity contribution is 8.18. The van der Waals surface area contributed by atoms with Gasteiger partial charge in [-0.2, -0.15) is 0 Å². The lowest BCUT2D eigenvalue weighted by Gasteiger charge is -1.96. The van der Waals surface area contributed by atoms with Crippen molar-refractivity contribution in [1.82, 2.24) is 5.32 Å². The normalized spacial score (nSPS) is 18.4. The fourth-order valence-corrected chi connectivity index (χ4v) is 2.64. The van der Waals surface area contributed by atoms with Crippen LogP contribution in [0.1, 0.15) is 11.3 Å². The highest BCUT2D eigenvalue weighted by atomic mass is 32.2. The lowest BCUT2D eigenvalue weighted by Crippen LogP contribution is -2.19. The number of thioether (sulfide) groups is 1.